The minimum absolute atomic E-state index is 0.00266. The first-order chi connectivity index (χ1) is 15.1. The third-order valence-electron chi connectivity index (χ3n) is 6.64. The largest absolute Gasteiger partial charge is 0.340 e. The van der Waals surface area contributed by atoms with Crippen molar-refractivity contribution in [3.8, 4) is 0 Å². The highest BCUT2D eigenvalue weighted by Crippen LogP contribution is 2.50. The molecule has 0 bridgehead atoms. The minimum Gasteiger partial charge on any atom is -0.340 e. The molecule has 1 aromatic heterocycles. The van der Waals surface area contributed by atoms with Gasteiger partial charge in [0.1, 0.15) is 6.10 Å². The summed E-state index contributed by atoms with van der Waals surface area (Å²) < 4.78 is 7.18. The Labute approximate surface area is 188 Å². The predicted molar refractivity (Wildman–Crippen MR) is 132 cm³/mol. The molecule has 3 aromatic rings. The number of aromatic nitrogens is 1. The Balaban J connectivity index is 1.75. The van der Waals surface area contributed by atoms with E-state index in [9.17, 15) is 0 Å². The van der Waals surface area contributed by atoms with E-state index in [4.69, 9.17) is 9.51 Å². The van der Waals surface area contributed by atoms with Gasteiger partial charge in [0.05, 0.1) is 13.8 Å². The maximum atomic E-state index is 7.18. The topological polar surface area (TPSA) is 22.1 Å². The highest BCUT2D eigenvalue weighted by Gasteiger charge is 2.39. The van der Waals surface area contributed by atoms with Crippen molar-refractivity contribution in [1.82, 2.24) is 4.98 Å². The van der Waals surface area contributed by atoms with Crippen LogP contribution in [0.15, 0.2) is 85.1 Å². The molecule has 0 N–H and O–H groups in total. The van der Waals surface area contributed by atoms with Gasteiger partial charge in [-0.25, -0.2) is 0 Å². The quantitative estimate of drug-likeness (QED) is 0.380. The van der Waals surface area contributed by atoms with E-state index in [1.54, 1.807) is 0 Å². The Kier molecular flexibility index (Phi) is 7.54. The van der Waals surface area contributed by atoms with Gasteiger partial charge < -0.3 is 4.52 Å². The summed E-state index contributed by atoms with van der Waals surface area (Å²) in [6.45, 7) is 7.15. The molecule has 0 aliphatic heterocycles. The molecule has 162 valence electrons. The van der Waals surface area contributed by atoms with Crippen LogP contribution in [0.4, 0.5) is 0 Å². The van der Waals surface area contributed by atoms with E-state index in [0.717, 1.165) is 11.6 Å². The zero-order chi connectivity index (χ0) is 21.6. The molecule has 1 heterocycles. The van der Waals surface area contributed by atoms with E-state index in [-0.39, 0.29) is 6.10 Å². The van der Waals surface area contributed by atoms with Gasteiger partial charge in [0, 0.05) is 16.8 Å². The van der Waals surface area contributed by atoms with E-state index in [1.165, 1.54) is 29.9 Å². The fourth-order valence-corrected chi connectivity index (χ4v) is 6.95. The second-order valence-electron chi connectivity index (χ2n) is 9.24. The second kappa shape index (κ2) is 10.5. The lowest BCUT2D eigenvalue weighted by Gasteiger charge is -2.42. The molecule has 0 saturated heterocycles. The van der Waals surface area contributed by atoms with Crippen LogP contribution in [-0.4, -0.2) is 4.98 Å². The number of nitrogens with zero attached hydrogens (tertiary/aromatic N) is 1. The van der Waals surface area contributed by atoms with Crippen LogP contribution in [0.5, 0.6) is 0 Å². The molecule has 1 fully saturated rings. The Morgan fingerprint density at radius 1 is 0.806 bits per heavy atom. The van der Waals surface area contributed by atoms with Gasteiger partial charge in [-0.05, 0) is 48.6 Å². The molecule has 0 unspecified atom stereocenters. The van der Waals surface area contributed by atoms with Crippen molar-refractivity contribution < 1.29 is 4.52 Å². The number of hydrogen-bond donors (Lipinski definition) is 0. The van der Waals surface area contributed by atoms with Crippen LogP contribution in [-0.2, 0) is 4.52 Å². The van der Waals surface area contributed by atoms with Gasteiger partial charge in [-0.15, -0.1) is 0 Å². The molecular weight excluding hydrogens is 397 g/mol. The molecule has 1 saturated carbocycles. The molecule has 0 amide bonds. The van der Waals surface area contributed by atoms with E-state index >= 15 is 0 Å². The summed E-state index contributed by atoms with van der Waals surface area (Å²) in [6.07, 6.45) is 5.72. The molecule has 31 heavy (non-hydrogen) atoms. The lowest BCUT2D eigenvalue weighted by atomic mass is 9.67. The molecule has 4 rings (SSSR count). The van der Waals surface area contributed by atoms with Gasteiger partial charge in [0.15, 0.2) is 0 Å². The average molecular weight is 432 g/mol. The zero-order valence-electron chi connectivity index (χ0n) is 18.9. The van der Waals surface area contributed by atoms with Crippen LogP contribution in [0.1, 0.15) is 51.8 Å². The number of pyridine rings is 1. The molecule has 1 aliphatic carbocycles. The maximum absolute atomic E-state index is 7.18. The summed E-state index contributed by atoms with van der Waals surface area (Å²) >= 11 is 0. The standard InChI is InChI=1S/C28H34NOP/c1-21(2)25-18-17-22(3)20-26(25)28(27-16-10-11-19-29-27)30-31(23-12-6-4-7-13-23)24-14-8-5-9-15-24/h4-16,19,21-22,25-26,28H,17-18,20H2,1-3H3/t22-,25+,26+,28-/m1/s1. The fourth-order valence-electron chi connectivity index (χ4n) is 5.03. The van der Waals surface area contributed by atoms with Crippen LogP contribution in [0.2, 0.25) is 0 Å². The summed E-state index contributed by atoms with van der Waals surface area (Å²) in [5.74, 6) is 2.52. The summed E-state index contributed by atoms with van der Waals surface area (Å²) in [4.78, 5) is 4.80. The van der Waals surface area contributed by atoms with Gasteiger partial charge in [-0.3, -0.25) is 4.98 Å². The van der Waals surface area contributed by atoms with E-state index in [1.807, 2.05) is 12.3 Å². The number of rotatable bonds is 7. The summed E-state index contributed by atoms with van der Waals surface area (Å²) in [6, 6.07) is 27.7. The third kappa shape index (κ3) is 5.43. The first-order valence-electron chi connectivity index (χ1n) is 11.6. The monoisotopic (exact) mass is 431 g/mol. The third-order valence-corrected chi connectivity index (χ3v) is 8.61. The van der Waals surface area contributed by atoms with E-state index in [0.29, 0.717) is 17.8 Å². The summed E-state index contributed by atoms with van der Waals surface area (Å²) in [5.41, 5.74) is 1.08. The number of hydrogen-bond acceptors (Lipinski definition) is 2. The van der Waals surface area contributed by atoms with Crippen molar-refractivity contribution in [2.75, 3.05) is 0 Å². The highest BCUT2D eigenvalue weighted by atomic mass is 31.1. The second-order valence-corrected chi connectivity index (χ2v) is 11.1. The molecule has 0 spiro atoms. The fraction of sp³-hybridized carbons (Fsp3) is 0.393. The van der Waals surface area contributed by atoms with Gasteiger partial charge in [-0.2, -0.15) is 0 Å². The van der Waals surface area contributed by atoms with Crippen molar-refractivity contribution >= 4 is 18.8 Å². The molecule has 3 heteroatoms. The Morgan fingerprint density at radius 3 is 1.97 bits per heavy atom. The summed E-state index contributed by atoms with van der Waals surface area (Å²) in [7, 11) is -0.931. The molecule has 1 aliphatic rings. The van der Waals surface area contributed by atoms with Crippen molar-refractivity contribution in [3.63, 3.8) is 0 Å². The lowest BCUT2D eigenvalue weighted by molar-refractivity contribution is 0.0361. The molecular formula is C28H34NOP. The number of benzene rings is 2. The first-order valence-corrected chi connectivity index (χ1v) is 12.9. The minimum atomic E-state index is -0.931. The molecule has 4 atom stereocenters. The van der Waals surface area contributed by atoms with Crippen molar-refractivity contribution in [2.45, 2.75) is 46.1 Å². The Bertz CT molecular complexity index is 876. The smallest absolute Gasteiger partial charge is 0.108 e. The van der Waals surface area contributed by atoms with Crippen molar-refractivity contribution in [2.24, 2.45) is 23.7 Å². The van der Waals surface area contributed by atoms with E-state index in [2.05, 4.69) is 93.6 Å². The highest BCUT2D eigenvalue weighted by molar-refractivity contribution is 7.68. The Hall–Kier alpha value is -2.02. The first kappa shape index (κ1) is 22.2. The van der Waals surface area contributed by atoms with E-state index < -0.39 is 8.15 Å². The van der Waals surface area contributed by atoms with Gasteiger partial charge in [-0.1, -0.05) is 93.9 Å². The van der Waals surface area contributed by atoms with Gasteiger partial charge >= 0.3 is 0 Å². The Morgan fingerprint density at radius 2 is 1.42 bits per heavy atom. The SMILES string of the molecule is CC(C)[C@@H]1CC[C@@H](C)C[C@@H]1[C@@H](OP(c1ccccc1)c1ccccc1)c1ccccn1. The van der Waals surface area contributed by atoms with Crippen LogP contribution in [0, 0.1) is 23.7 Å². The van der Waals surface area contributed by atoms with Crippen LogP contribution in [0.3, 0.4) is 0 Å². The zero-order valence-corrected chi connectivity index (χ0v) is 19.8. The normalized spacial score (nSPS) is 22.5. The predicted octanol–water partition coefficient (Wildman–Crippen LogP) is 6.90. The van der Waals surface area contributed by atoms with Crippen LogP contribution >= 0.6 is 8.15 Å². The molecule has 2 aromatic carbocycles. The molecule has 0 radical (unpaired) electrons. The van der Waals surface area contributed by atoms with Gasteiger partial charge in [0.25, 0.3) is 0 Å². The van der Waals surface area contributed by atoms with Gasteiger partial charge in [0.2, 0.25) is 0 Å². The van der Waals surface area contributed by atoms with Crippen molar-refractivity contribution in [1.29, 1.82) is 0 Å². The van der Waals surface area contributed by atoms with Crippen LogP contribution < -0.4 is 10.6 Å². The maximum Gasteiger partial charge on any atom is 0.108 e. The lowest BCUT2D eigenvalue weighted by Crippen LogP contribution is -2.34. The summed E-state index contributed by atoms with van der Waals surface area (Å²) in [5, 5.41) is 2.52. The van der Waals surface area contributed by atoms with Crippen LogP contribution in [0.25, 0.3) is 0 Å². The average Bonchev–Trinajstić information content (AvgIpc) is 2.81. The van der Waals surface area contributed by atoms with Crippen molar-refractivity contribution in [3.05, 3.63) is 90.8 Å². The molecule has 2 nitrogen and oxygen atoms in total.